The van der Waals surface area contributed by atoms with Gasteiger partial charge in [0.15, 0.2) is 0 Å². The molecule has 1 atom stereocenters. The van der Waals surface area contributed by atoms with Crippen molar-refractivity contribution in [3.05, 3.63) is 34.9 Å². The quantitative estimate of drug-likeness (QED) is 0.635. The summed E-state index contributed by atoms with van der Waals surface area (Å²) in [6.45, 7) is 3.62. The molecule has 9 heteroatoms. The van der Waals surface area contributed by atoms with Gasteiger partial charge in [-0.15, -0.1) is 0 Å². The molecule has 3 aliphatic rings. The van der Waals surface area contributed by atoms with Gasteiger partial charge in [0.2, 0.25) is 11.8 Å². The molecule has 1 aromatic carbocycles. The zero-order valence-corrected chi connectivity index (χ0v) is 17.5. The lowest BCUT2D eigenvalue weighted by Crippen LogP contribution is -2.52. The fraction of sp³-hybridized carbons (Fsp3) is 0.545. The molecule has 31 heavy (non-hydrogen) atoms. The minimum Gasteiger partial charge on any atom is -0.449 e. The summed E-state index contributed by atoms with van der Waals surface area (Å²) >= 11 is 0. The highest BCUT2D eigenvalue weighted by molar-refractivity contribution is 6.05. The number of amides is 4. The maximum atomic E-state index is 12.8. The average Bonchev–Trinajstić information content (AvgIpc) is 3.04. The molecule has 2 N–H and O–H groups in total. The Bertz CT molecular complexity index is 895. The Morgan fingerprint density at radius 3 is 2.81 bits per heavy atom. The highest BCUT2D eigenvalue weighted by Gasteiger charge is 2.39. The number of benzene rings is 1. The van der Waals surface area contributed by atoms with E-state index in [1.165, 1.54) is 4.90 Å². The molecule has 2 heterocycles. The molecule has 2 fully saturated rings. The maximum absolute atomic E-state index is 12.8. The molecule has 4 amide bonds. The van der Waals surface area contributed by atoms with Crippen LogP contribution in [0.15, 0.2) is 18.2 Å². The van der Waals surface area contributed by atoms with Gasteiger partial charge in [-0.2, -0.15) is 0 Å². The number of imide groups is 1. The van der Waals surface area contributed by atoms with Crippen LogP contribution in [-0.2, 0) is 32.2 Å². The van der Waals surface area contributed by atoms with E-state index in [0.29, 0.717) is 37.7 Å². The Labute approximate surface area is 180 Å². The van der Waals surface area contributed by atoms with Gasteiger partial charge in [0.05, 0.1) is 12.7 Å². The van der Waals surface area contributed by atoms with Crippen molar-refractivity contribution in [2.45, 2.75) is 57.8 Å². The minimum absolute atomic E-state index is 0.223. The van der Waals surface area contributed by atoms with Crippen molar-refractivity contribution >= 4 is 23.8 Å². The van der Waals surface area contributed by atoms with E-state index in [-0.39, 0.29) is 30.9 Å². The van der Waals surface area contributed by atoms with Crippen molar-refractivity contribution in [3.63, 3.8) is 0 Å². The normalized spacial score (nSPS) is 25.0. The summed E-state index contributed by atoms with van der Waals surface area (Å²) in [5.41, 5.74) is 2.12. The van der Waals surface area contributed by atoms with E-state index < -0.39 is 18.0 Å². The third kappa shape index (κ3) is 4.71. The number of rotatable bonds is 7. The van der Waals surface area contributed by atoms with Gasteiger partial charge >= 0.3 is 6.09 Å². The van der Waals surface area contributed by atoms with Crippen LogP contribution in [0.4, 0.5) is 4.79 Å². The molecule has 0 radical (unpaired) electrons. The Balaban J connectivity index is 1.26. The van der Waals surface area contributed by atoms with Gasteiger partial charge in [-0.05, 0) is 49.3 Å². The fourth-order valence-electron chi connectivity index (χ4n) is 4.31. The molecule has 1 aliphatic carbocycles. The van der Waals surface area contributed by atoms with Crippen LogP contribution in [0.3, 0.4) is 0 Å². The Hall–Kier alpha value is -2.94. The third-order valence-corrected chi connectivity index (χ3v) is 6.07. The van der Waals surface area contributed by atoms with Crippen LogP contribution in [0.5, 0.6) is 0 Å². The summed E-state index contributed by atoms with van der Waals surface area (Å²) in [6.07, 6.45) is 2.18. The summed E-state index contributed by atoms with van der Waals surface area (Å²) < 4.78 is 10.8. The number of nitrogens with one attached hydrogen (secondary N) is 2. The Kier molecular flexibility index (Phi) is 6.22. The molecule has 1 saturated heterocycles. The standard InChI is InChI=1S/C22H27N3O6/c1-2-30-16-7-14(8-16)12-31-22(29)23-10-13-3-4-15-11-25(21(28)17(15)9-13)18-5-6-19(26)24-20(18)27/h3-4,9,14,16,18H,2,5-8,10-12H2,1H3,(H,23,29)(H,24,26,27). The summed E-state index contributed by atoms with van der Waals surface area (Å²) in [6, 6.07) is 4.79. The predicted molar refractivity (Wildman–Crippen MR) is 109 cm³/mol. The summed E-state index contributed by atoms with van der Waals surface area (Å²) in [4.78, 5) is 49.8. The topological polar surface area (TPSA) is 114 Å². The lowest BCUT2D eigenvalue weighted by atomic mass is 9.83. The first-order valence-electron chi connectivity index (χ1n) is 10.7. The van der Waals surface area contributed by atoms with Gasteiger partial charge < -0.3 is 19.7 Å². The number of hydrogen-bond acceptors (Lipinski definition) is 6. The minimum atomic E-state index is -0.636. The van der Waals surface area contributed by atoms with Crippen molar-refractivity contribution < 1.29 is 28.7 Å². The van der Waals surface area contributed by atoms with Crippen molar-refractivity contribution in [2.24, 2.45) is 5.92 Å². The smallest absolute Gasteiger partial charge is 0.407 e. The molecule has 0 bridgehead atoms. The summed E-state index contributed by atoms with van der Waals surface area (Å²) in [5.74, 6) is -0.626. The largest absolute Gasteiger partial charge is 0.449 e. The van der Waals surface area contributed by atoms with E-state index in [2.05, 4.69) is 10.6 Å². The fourth-order valence-corrected chi connectivity index (χ4v) is 4.31. The van der Waals surface area contributed by atoms with E-state index >= 15 is 0 Å². The molecule has 2 aliphatic heterocycles. The molecule has 9 nitrogen and oxygen atoms in total. The molecule has 0 spiro atoms. The first kappa shape index (κ1) is 21.3. The van der Waals surface area contributed by atoms with E-state index in [1.807, 2.05) is 19.1 Å². The number of carbonyl (C=O) groups excluding carboxylic acids is 4. The van der Waals surface area contributed by atoms with Crippen LogP contribution < -0.4 is 10.6 Å². The summed E-state index contributed by atoms with van der Waals surface area (Å²) in [5, 5.41) is 5.01. The van der Waals surface area contributed by atoms with Gasteiger partial charge in [0.25, 0.3) is 5.91 Å². The predicted octanol–water partition coefficient (Wildman–Crippen LogP) is 1.49. The molecular weight excluding hydrogens is 402 g/mol. The molecule has 4 rings (SSSR count). The number of carbonyl (C=O) groups is 4. The van der Waals surface area contributed by atoms with Crippen LogP contribution >= 0.6 is 0 Å². The molecular formula is C22H27N3O6. The van der Waals surface area contributed by atoms with E-state index in [9.17, 15) is 19.2 Å². The van der Waals surface area contributed by atoms with Gasteiger partial charge in [-0.1, -0.05) is 12.1 Å². The van der Waals surface area contributed by atoms with E-state index in [4.69, 9.17) is 9.47 Å². The van der Waals surface area contributed by atoms with Crippen molar-refractivity contribution in [3.8, 4) is 0 Å². The van der Waals surface area contributed by atoms with E-state index in [1.54, 1.807) is 6.07 Å². The number of nitrogens with zero attached hydrogens (tertiary/aromatic N) is 1. The lowest BCUT2D eigenvalue weighted by Gasteiger charge is -2.34. The van der Waals surface area contributed by atoms with Crippen LogP contribution in [0.2, 0.25) is 0 Å². The second-order valence-corrected chi connectivity index (χ2v) is 8.26. The number of hydrogen-bond donors (Lipinski definition) is 2. The van der Waals surface area contributed by atoms with Crippen molar-refractivity contribution in [1.29, 1.82) is 0 Å². The van der Waals surface area contributed by atoms with Gasteiger partial charge in [0.1, 0.15) is 6.04 Å². The molecule has 0 aromatic heterocycles. The van der Waals surface area contributed by atoms with Gasteiger partial charge in [0, 0.05) is 31.7 Å². The molecule has 1 unspecified atom stereocenters. The zero-order chi connectivity index (χ0) is 22.0. The Morgan fingerprint density at radius 2 is 2.06 bits per heavy atom. The highest BCUT2D eigenvalue weighted by Crippen LogP contribution is 2.30. The van der Waals surface area contributed by atoms with Crippen LogP contribution in [0.1, 0.15) is 54.1 Å². The lowest BCUT2D eigenvalue weighted by molar-refractivity contribution is -0.136. The van der Waals surface area contributed by atoms with E-state index in [0.717, 1.165) is 24.0 Å². The van der Waals surface area contributed by atoms with Gasteiger partial charge in [-0.3, -0.25) is 19.7 Å². The number of ether oxygens (including phenoxy) is 2. The van der Waals surface area contributed by atoms with Gasteiger partial charge in [-0.25, -0.2) is 4.79 Å². The van der Waals surface area contributed by atoms with Crippen LogP contribution in [0.25, 0.3) is 0 Å². The number of fused-ring (bicyclic) bond motifs is 1. The highest BCUT2D eigenvalue weighted by atomic mass is 16.5. The van der Waals surface area contributed by atoms with Crippen molar-refractivity contribution in [1.82, 2.24) is 15.5 Å². The number of alkyl carbamates (subject to hydrolysis) is 1. The third-order valence-electron chi connectivity index (χ3n) is 6.07. The van der Waals surface area contributed by atoms with Crippen LogP contribution in [0, 0.1) is 5.92 Å². The second-order valence-electron chi connectivity index (χ2n) is 8.26. The maximum Gasteiger partial charge on any atom is 0.407 e. The molecule has 1 saturated carbocycles. The number of piperidine rings is 1. The average molecular weight is 429 g/mol. The molecule has 166 valence electrons. The summed E-state index contributed by atoms with van der Waals surface area (Å²) in [7, 11) is 0. The monoisotopic (exact) mass is 429 g/mol. The molecule has 1 aromatic rings. The second kappa shape index (κ2) is 9.05. The SMILES string of the molecule is CCOC1CC(COC(=O)NCc2ccc3c(c2)C(=O)N(C2CCC(=O)NC2=O)C3)C1. The first-order valence-corrected chi connectivity index (χ1v) is 10.7. The van der Waals surface area contributed by atoms with Crippen LogP contribution in [-0.4, -0.2) is 54.1 Å². The first-order chi connectivity index (χ1) is 14.9. The Morgan fingerprint density at radius 1 is 1.26 bits per heavy atom. The van der Waals surface area contributed by atoms with Crippen molar-refractivity contribution in [2.75, 3.05) is 13.2 Å². The zero-order valence-electron chi connectivity index (χ0n) is 17.5.